The van der Waals surface area contributed by atoms with Crippen LogP contribution in [0.2, 0.25) is 0 Å². The third-order valence-corrected chi connectivity index (χ3v) is 3.68. The van der Waals surface area contributed by atoms with Gasteiger partial charge < -0.3 is 9.84 Å². The molecular weight excluding hydrogens is 349 g/mol. The SMILES string of the molecule is OCC(F)(F)c1nnc2ccc(C3C=CC(OC(F)(F)F)=CC3)cn12. The van der Waals surface area contributed by atoms with E-state index < -0.39 is 24.7 Å². The predicted molar refractivity (Wildman–Crippen MR) is 75.7 cm³/mol. The highest BCUT2D eigenvalue weighted by atomic mass is 19.4. The highest BCUT2D eigenvalue weighted by Crippen LogP contribution is 2.31. The number of halogens is 5. The van der Waals surface area contributed by atoms with Crippen molar-refractivity contribution in [2.45, 2.75) is 24.6 Å². The molecular formula is C15H12F5N3O2. The first kappa shape index (κ1) is 17.3. The minimum absolute atomic E-state index is 0.170. The molecule has 1 aliphatic carbocycles. The van der Waals surface area contributed by atoms with Gasteiger partial charge in [-0.2, -0.15) is 8.78 Å². The number of aromatic nitrogens is 3. The highest BCUT2D eigenvalue weighted by Gasteiger charge is 2.36. The number of ether oxygens (including phenoxy) is 1. The molecule has 0 aliphatic heterocycles. The minimum Gasteiger partial charge on any atom is -0.406 e. The van der Waals surface area contributed by atoms with Gasteiger partial charge in [0.2, 0.25) is 5.82 Å². The van der Waals surface area contributed by atoms with E-state index in [1.54, 1.807) is 6.07 Å². The number of fused-ring (bicyclic) bond motifs is 1. The van der Waals surface area contributed by atoms with Gasteiger partial charge >= 0.3 is 12.3 Å². The second kappa shape index (κ2) is 6.10. The Bertz CT molecular complexity index is 841. The molecule has 3 rings (SSSR count). The number of hydrogen-bond acceptors (Lipinski definition) is 4. The summed E-state index contributed by atoms with van der Waals surface area (Å²) in [7, 11) is 0. The summed E-state index contributed by atoms with van der Waals surface area (Å²) in [5, 5.41) is 15.8. The first-order valence-electron chi connectivity index (χ1n) is 7.17. The molecule has 0 amide bonds. The van der Waals surface area contributed by atoms with Crippen molar-refractivity contribution in [3.8, 4) is 0 Å². The van der Waals surface area contributed by atoms with Gasteiger partial charge in [0.15, 0.2) is 5.65 Å². The van der Waals surface area contributed by atoms with Gasteiger partial charge in [-0.1, -0.05) is 12.1 Å². The smallest absolute Gasteiger partial charge is 0.406 e. The third-order valence-electron chi connectivity index (χ3n) is 3.68. The molecule has 0 aromatic carbocycles. The van der Waals surface area contributed by atoms with Crippen LogP contribution in [0.5, 0.6) is 0 Å². The van der Waals surface area contributed by atoms with E-state index in [1.165, 1.54) is 30.5 Å². The standard InChI is InChI=1S/C15H12F5N3O2/c16-14(17,8-24)13-22-21-12-6-3-10(7-23(12)13)9-1-4-11(5-2-9)25-15(18,19)20/h1,3-7,9,24H,2,8H2. The second-order valence-corrected chi connectivity index (χ2v) is 5.43. The molecule has 0 saturated carbocycles. The Morgan fingerprint density at radius 2 is 1.96 bits per heavy atom. The Kier molecular flexibility index (Phi) is 4.23. The predicted octanol–water partition coefficient (Wildman–Crippen LogP) is 3.28. The number of aliphatic hydroxyl groups excluding tert-OH is 1. The summed E-state index contributed by atoms with van der Waals surface area (Å²) in [6.45, 7) is -1.41. The molecule has 10 heteroatoms. The van der Waals surface area contributed by atoms with Crippen LogP contribution < -0.4 is 0 Å². The molecule has 2 aromatic heterocycles. The zero-order chi connectivity index (χ0) is 18.2. The molecule has 0 spiro atoms. The van der Waals surface area contributed by atoms with Crippen LogP contribution in [0.15, 0.2) is 42.3 Å². The fraction of sp³-hybridized carbons (Fsp3) is 0.333. The number of hydrogen-bond donors (Lipinski definition) is 1. The van der Waals surface area contributed by atoms with Crippen molar-refractivity contribution in [1.82, 2.24) is 14.6 Å². The molecule has 0 fully saturated rings. The average molecular weight is 361 g/mol. The number of pyridine rings is 1. The summed E-state index contributed by atoms with van der Waals surface area (Å²) in [4.78, 5) is 0. The van der Waals surface area contributed by atoms with E-state index in [0.717, 1.165) is 4.40 Å². The summed E-state index contributed by atoms with van der Waals surface area (Å²) < 4.78 is 68.9. The molecule has 0 saturated heterocycles. The molecule has 0 bridgehead atoms. The van der Waals surface area contributed by atoms with Gasteiger partial charge in [0.05, 0.1) is 0 Å². The summed E-state index contributed by atoms with van der Waals surface area (Å²) in [6.07, 6.45) is 0.776. The molecule has 0 radical (unpaired) electrons. The maximum atomic E-state index is 13.7. The van der Waals surface area contributed by atoms with Crippen LogP contribution >= 0.6 is 0 Å². The highest BCUT2D eigenvalue weighted by molar-refractivity contribution is 5.42. The van der Waals surface area contributed by atoms with E-state index in [4.69, 9.17) is 5.11 Å². The third kappa shape index (κ3) is 3.63. The molecule has 1 atom stereocenters. The number of rotatable bonds is 4. The van der Waals surface area contributed by atoms with Crippen molar-refractivity contribution in [1.29, 1.82) is 0 Å². The van der Waals surface area contributed by atoms with Gasteiger partial charge in [-0.05, 0) is 30.2 Å². The molecule has 1 N–H and O–H groups in total. The Hall–Kier alpha value is -2.49. The number of alkyl halides is 5. The first-order valence-corrected chi connectivity index (χ1v) is 7.17. The Labute approximate surface area is 138 Å². The molecule has 2 aromatic rings. The van der Waals surface area contributed by atoms with Crippen LogP contribution in [0, 0.1) is 0 Å². The van der Waals surface area contributed by atoms with Crippen LogP contribution in [0.1, 0.15) is 23.7 Å². The Balaban J connectivity index is 1.86. The van der Waals surface area contributed by atoms with Crippen molar-refractivity contribution in [3.63, 3.8) is 0 Å². The van der Waals surface area contributed by atoms with E-state index >= 15 is 0 Å². The maximum Gasteiger partial charge on any atom is 0.573 e. The van der Waals surface area contributed by atoms with Crippen LogP contribution in [0.3, 0.4) is 0 Å². The fourth-order valence-electron chi connectivity index (χ4n) is 2.50. The summed E-state index contributed by atoms with van der Waals surface area (Å²) >= 11 is 0. The summed E-state index contributed by atoms with van der Waals surface area (Å²) in [5.74, 6) is -4.90. The van der Waals surface area contributed by atoms with Gasteiger partial charge in [-0.25, -0.2) is 0 Å². The largest absolute Gasteiger partial charge is 0.573 e. The first-order chi connectivity index (χ1) is 11.7. The molecule has 2 heterocycles. The molecule has 25 heavy (non-hydrogen) atoms. The van der Waals surface area contributed by atoms with Crippen molar-refractivity contribution in [2.75, 3.05) is 6.61 Å². The minimum atomic E-state index is -4.77. The molecule has 1 aliphatic rings. The van der Waals surface area contributed by atoms with Crippen LogP contribution in [0.4, 0.5) is 22.0 Å². The van der Waals surface area contributed by atoms with Crippen molar-refractivity contribution < 1.29 is 31.8 Å². The number of aliphatic hydroxyl groups is 1. The summed E-state index contributed by atoms with van der Waals surface area (Å²) in [5.41, 5.74) is 0.754. The molecule has 5 nitrogen and oxygen atoms in total. The second-order valence-electron chi connectivity index (χ2n) is 5.43. The monoisotopic (exact) mass is 361 g/mol. The lowest BCUT2D eigenvalue weighted by Crippen LogP contribution is -2.22. The van der Waals surface area contributed by atoms with E-state index in [-0.39, 0.29) is 23.7 Å². The quantitative estimate of drug-likeness (QED) is 0.850. The van der Waals surface area contributed by atoms with Gasteiger partial charge in [-0.15, -0.1) is 23.4 Å². The lowest BCUT2D eigenvalue weighted by atomic mass is 9.93. The van der Waals surface area contributed by atoms with E-state index in [0.29, 0.717) is 5.56 Å². The van der Waals surface area contributed by atoms with Crippen LogP contribution in [0.25, 0.3) is 5.65 Å². The van der Waals surface area contributed by atoms with Gasteiger partial charge in [0.1, 0.15) is 12.4 Å². The Morgan fingerprint density at radius 1 is 1.20 bits per heavy atom. The topological polar surface area (TPSA) is 59.7 Å². The zero-order valence-electron chi connectivity index (χ0n) is 12.5. The Morgan fingerprint density at radius 3 is 2.56 bits per heavy atom. The van der Waals surface area contributed by atoms with E-state index in [9.17, 15) is 22.0 Å². The van der Waals surface area contributed by atoms with Crippen molar-refractivity contribution in [2.24, 2.45) is 0 Å². The van der Waals surface area contributed by atoms with Crippen molar-refractivity contribution in [3.05, 3.63) is 53.7 Å². The maximum absolute atomic E-state index is 13.7. The van der Waals surface area contributed by atoms with Crippen LogP contribution in [-0.2, 0) is 10.7 Å². The lowest BCUT2D eigenvalue weighted by molar-refractivity contribution is -0.303. The summed E-state index contributed by atoms with van der Waals surface area (Å²) in [6, 6.07) is 3.10. The molecule has 1 unspecified atom stereocenters. The number of allylic oxidation sites excluding steroid dienone is 3. The lowest BCUT2D eigenvalue weighted by Gasteiger charge is -2.18. The van der Waals surface area contributed by atoms with E-state index in [1.807, 2.05) is 0 Å². The zero-order valence-corrected chi connectivity index (χ0v) is 12.5. The average Bonchev–Trinajstić information content (AvgIpc) is 2.98. The normalized spacial score (nSPS) is 18.5. The number of nitrogens with zero attached hydrogens (tertiary/aromatic N) is 3. The van der Waals surface area contributed by atoms with Gasteiger partial charge in [-0.3, -0.25) is 4.40 Å². The van der Waals surface area contributed by atoms with E-state index in [2.05, 4.69) is 14.9 Å². The van der Waals surface area contributed by atoms with Crippen LogP contribution in [-0.4, -0.2) is 32.7 Å². The molecule has 134 valence electrons. The fourth-order valence-corrected chi connectivity index (χ4v) is 2.50. The van der Waals surface area contributed by atoms with Gasteiger partial charge in [0, 0.05) is 12.1 Å². The van der Waals surface area contributed by atoms with Crippen molar-refractivity contribution >= 4 is 5.65 Å². The van der Waals surface area contributed by atoms with Gasteiger partial charge in [0.25, 0.3) is 0 Å².